The van der Waals surface area contributed by atoms with Crippen LogP contribution in [0.25, 0.3) is 0 Å². The van der Waals surface area contributed by atoms with Crippen molar-refractivity contribution < 1.29 is 4.42 Å². The highest BCUT2D eigenvalue weighted by Crippen LogP contribution is 2.36. The zero-order chi connectivity index (χ0) is 15.1. The van der Waals surface area contributed by atoms with Gasteiger partial charge in [-0.05, 0) is 43.8 Å². The van der Waals surface area contributed by atoms with Crippen LogP contribution in [0.2, 0.25) is 0 Å². The molecule has 0 bridgehead atoms. The number of nitrogens with zero attached hydrogens (tertiary/aromatic N) is 1. The number of furan rings is 1. The number of nitrogens with one attached hydrogen (secondary N) is 1. The molecule has 0 atom stereocenters. The van der Waals surface area contributed by atoms with E-state index in [1.807, 2.05) is 6.26 Å². The molecular weight excluding hydrogens is 260 g/mol. The summed E-state index contributed by atoms with van der Waals surface area (Å²) in [7, 11) is 2.24. The van der Waals surface area contributed by atoms with Crippen molar-refractivity contribution in [2.75, 3.05) is 26.7 Å². The van der Waals surface area contributed by atoms with Gasteiger partial charge in [0.05, 0.1) is 12.5 Å². The van der Waals surface area contributed by atoms with Gasteiger partial charge in [0.15, 0.2) is 0 Å². The molecule has 120 valence electrons. The summed E-state index contributed by atoms with van der Waals surface area (Å²) >= 11 is 0. The van der Waals surface area contributed by atoms with Crippen molar-refractivity contribution in [3.8, 4) is 0 Å². The van der Waals surface area contributed by atoms with Crippen molar-refractivity contribution in [3.63, 3.8) is 0 Å². The zero-order valence-electron chi connectivity index (χ0n) is 14.0. The molecule has 1 fully saturated rings. The molecule has 0 aromatic carbocycles. The summed E-state index contributed by atoms with van der Waals surface area (Å²) in [5.41, 5.74) is 1.74. The van der Waals surface area contributed by atoms with Crippen molar-refractivity contribution in [3.05, 3.63) is 24.2 Å². The highest BCUT2D eigenvalue weighted by Gasteiger charge is 2.32. The molecule has 2 rings (SSSR count). The first-order chi connectivity index (χ1) is 10.1. The molecule has 0 aliphatic heterocycles. The van der Waals surface area contributed by atoms with Gasteiger partial charge in [-0.3, -0.25) is 0 Å². The topological polar surface area (TPSA) is 28.4 Å². The Morgan fingerprint density at radius 1 is 1.29 bits per heavy atom. The third kappa shape index (κ3) is 5.48. The minimum Gasteiger partial charge on any atom is -0.472 e. The summed E-state index contributed by atoms with van der Waals surface area (Å²) in [6.07, 6.45) is 10.6. The Morgan fingerprint density at radius 2 is 2.05 bits per heavy atom. The van der Waals surface area contributed by atoms with E-state index in [0.29, 0.717) is 5.41 Å². The molecule has 0 radical (unpaired) electrons. The Balaban J connectivity index is 1.88. The highest BCUT2D eigenvalue weighted by atomic mass is 16.3. The number of hydrogen-bond acceptors (Lipinski definition) is 3. The lowest BCUT2D eigenvalue weighted by molar-refractivity contribution is 0.113. The van der Waals surface area contributed by atoms with Crippen molar-refractivity contribution in [2.24, 2.45) is 11.3 Å². The predicted molar refractivity (Wildman–Crippen MR) is 88.3 cm³/mol. The Bertz CT molecular complexity index is 380. The lowest BCUT2D eigenvalue weighted by Crippen LogP contribution is -2.44. The lowest BCUT2D eigenvalue weighted by Gasteiger charge is -2.40. The van der Waals surface area contributed by atoms with Crippen molar-refractivity contribution in [1.82, 2.24) is 10.2 Å². The van der Waals surface area contributed by atoms with Gasteiger partial charge in [0, 0.05) is 25.2 Å². The number of hydrogen-bond donors (Lipinski definition) is 1. The second kappa shape index (κ2) is 8.00. The molecule has 3 heteroatoms. The molecule has 0 spiro atoms. The van der Waals surface area contributed by atoms with Crippen molar-refractivity contribution in [2.45, 2.75) is 52.5 Å². The summed E-state index contributed by atoms with van der Waals surface area (Å²) in [5.74, 6) is 0.731. The first kappa shape index (κ1) is 16.6. The van der Waals surface area contributed by atoms with Crippen LogP contribution in [0.3, 0.4) is 0 Å². The van der Waals surface area contributed by atoms with Gasteiger partial charge in [0.2, 0.25) is 0 Å². The van der Waals surface area contributed by atoms with E-state index in [-0.39, 0.29) is 0 Å². The molecule has 3 nitrogen and oxygen atoms in total. The minimum atomic E-state index is 0.464. The van der Waals surface area contributed by atoms with E-state index in [1.165, 1.54) is 50.8 Å². The first-order valence-corrected chi connectivity index (χ1v) is 8.50. The van der Waals surface area contributed by atoms with Gasteiger partial charge in [0.25, 0.3) is 0 Å². The molecule has 1 aliphatic carbocycles. The Hall–Kier alpha value is -0.800. The van der Waals surface area contributed by atoms with Crippen molar-refractivity contribution in [1.29, 1.82) is 0 Å². The summed E-state index contributed by atoms with van der Waals surface area (Å²) < 4.78 is 5.18. The van der Waals surface area contributed by atoms with Gasteiger partial charge in [-0.2, -0.15) is 0 Å². The second-order valence-electron chi connectivity index (χ2n) is 7.39. The van der Waals surface area contributed by atoms with Crippen LogP contribution in [0, 0.1) is 11.3 Å². The van der Waals surface area contributed by atoms with Crippen LogP contribution in [0.1, 0.15) is 51.5 Å². The molecule has 1 saturated carbocycles. The molecule has 1 N–H and O–H groups in total. The fraction of sp³-hybridized carbons (Fsp3) is 0.778. The molecule has 1 aromatic heterocycles. The van der Waals surface area contributed by atoms with Gasteiger partial charge in [-0.1, -0.05) is 33.1 Å². The fourth-order valence-corrected chi connectivity index (χ4v) is 3.64. The largest absolute Gasteiger partial charge is 0.472 e. The fourth-order valence-electron chi connectivity index (χ4n) is 3.64. The monoisotopic (exact) mass is 292 g/mol. The van der Waals surface area contributed by atoms with Crippen LogP contribution >= 0.6 is 0 Å². The average molecular weight is 292 g/mol. The van der Waals surface area contributed by atoms with E-state index in [1.54, 1.807) is 6.26 Å². The molecule has 0 saturated heterocycles. The molecule has 1 heterocycles. The van der Waals surface area contributed by atoms with E-state index in [0.717, 1.165) is 19.0 Å². The lowest BCUT2D eigenvalue weighted by atomic mass is 9.73. The maximum atomic E-state index is 5.18. The third-order valence-corrected chi connectivity index (χ3v) is 4.60. The van der Waals surface area contributed by atoms with Gasteiger partial charge in [0.1, 0.15) is 0 Å². The predicted octanol–water partition coefficient (Wildman–Crippen LogP) is 3.91. The van der Waals surface area contributed by atoms with Crippen molar-refractivity contribution >= 4 is 0 Å². The molecule has 1 aromatic rings. The molecule has 0 unspecified atom stereocenters. The van der Waals surface area contributed by atoms with E-state index < -0.39 is 0 Å². The normalized spacial score (nSPS) is 18.5. The summed E-state index contributed by atoms with van der Waals surface area (Å²) in [4.78, 5) is 2.47. The van der Waals surface area contributed by atoms with E-state index >= 15 is 0 Å². The highest BCUT2D eigenvalue weighted by molar-refractivity contribution is 5.05. The summed E-state index contributed by atoms with van der Waals surface area (Å²) in [6, 6.07) is 2.07. The Kier molecular flexibility index (Phi) is 6.31. The Morgan fingerprint density at radius 3 is 2.67 bits per heavy atom. The average Bonchev–Trinajstić information content (AvgIpc) is 2.91. The second-order valence-corrected chi connectivity index (χ2v) is 7.39. The molecule has 1 aliphatic rings. The van der Waals surface area contributed by atoms with Gasteiger partial charge < -0.3 is 14.6 Å². The van der Waals surface area contributed by atoms with E-state index in [4.69, 9.17) is 4.42 Å². The standard InChI is InChI=1S/C18H32N2O/c1-16(2)11-19-14-18(8-5-4-6-9-18)15-20(3)12-17-7-10-21-13-17/h7,10,13,16,19H,4-6,8-9,11-12,14-15H2,1-3H3. The Labute approximate surface area is 130 Å². The van der Waals surface area contributed by atoms with Crippen LogP contribution < -0.4 is 5.32 Å². The zero-order valence-corrected chi connectivity index (χ0v) is 14.0. The van der Waals surface area contributed by atoms with E-state index in [9.17, 15) is 0 Å². The minimum absolute atomic E-state index is 0.464. The maximum absolute atomic E-state index is 5.18. The quantitative estimate of drug-likeness (QED) is 0.787. The smallest absolute Gasteiger partial charge is 0.0947 e. The van der Waals surface area contributed by atoms with Crippen LogP contribution in [0.15, 0.2) is 23.0 Å². The third-order valence-electron chi connectivity index (χ3n) is 4.60. The molecule has 0 amide bonds. The van der Waals surface area contributed by atoms with Crippen LogP contribution in [-0.2, 0) is 6.54 Å². The van der Waals surface area contributed by atoms with Gasteiger partial charge in [-0.15, -0.1) is 0 Å². The van der Waals surface area contributed by atoms with Gasteiger partial charge in [-0.25, -0.2) is 0 Å². The van der Waals surface area contributed by atoms with Crippen LogP contribution in [0.4, 0.5) is 0 Å². The van der Waals surface area contributed by atoms with Gasteiger partial charge >= 0.3 is 0 Å². The van der Waals surface area contributed by atoms with Crippen LogP contribution in [0.5, 0.6) is 0 Å². The van der Waals surface area contributed by atoms with E-state index in [2.05, 4.69) is 37.2 Å². The summed E-state index contributed by atoms with van der Waals surface area (Å²) in [6.45, 7) is 9.04. The maximum Gasteiger partial charge on any atom is 0.0947 e. The molecular formula is C18H32N2O. The number of rotatable bonds is 8. The van der Waals surface area contributed by atoms with Crippen LogP contribution in [-0.4, -0.2) is 31.6 Å². The molecule has 21 heavy (non-hydrogen) atoms. The summed E-state index contributed by atoms with van der Waals surface area (Å²) in [5, 5.41) is 3.71. The SMILES string of the molecule is CC(C)CNCC1(CN(C)Cc2ccoc2)CCCCC1. The first-order valence-electron chi connectivity index (χ1n) is 8.50.